The Morgan fingerprint density at radius 1 is 1.31 bits per heavy atom. The van der Waals surface area contributed by atoms with Crippen molar-refractivity contribution < 1.29 is 9.53 Å². The molecule has 0 saturated heterocycles. The van der Waals surface area contributed by atoms with E-state index in [9.17, 15) is 4.79 Å². The number of likely N-dealkylation sites (N-methyl/N-ethyl adjacent to an activating group) is 1. The number of ether oxygens (including phenoxy) is 1. The zero-order valence-corrected chi connectivity index (χ0v) is 10.2. The van der Waals surface area contributed by atoms with Crippen LogP contribution < -0.4 is 4.90 Å². The Kier molecular flexibility index (Phi) is 4.83. The summed E-state index contributed by atoms with van der Waals surface area (Å²) in [5.74, 6) is -0.222. The van der Waals surface area contributed by atoms with E-state index in [1.807, 2.05) is 24.1 Å². The number of hydrogen-bond donors (Lipinski definition) is 0. The number of methoxy groups -OCH3 is 1. The minimum atomic E-state index is -0.222. The van der Waals surface area contributed by atoms with Crippen LogP contribution in [0.3, 0.4) is 0 Å². The van der Waals surface area contributed by atoms with Crippen LogP contribution in [-0.2, 0) is 16.0 Å². The predicted octanol–water partition coefficient (Wildman–Crippen LogP) is 2.25. The Hall–Kier alpha value is -1.51. The molecule has 0 aliphatic rings. The van der Waals surface area contributed by atoms with E-state index < -0.39 is 0 Å². The van der Waals surface area contributed by atoms with E-state index in [4.69, 9.17) is 0 Å². The molecule has 88 valence electrons. The van der Waals surface area contributed by atoms with Gasteiger partial charge in [0.15, 0.2) is 0 Å². The van der Waals surface area contributed by atoms with Crippen LogP contribution in [-0.4, -0.2) is 26.7 Å². The topological polar surface area (TPSA) is 29.5 Å². The van der Waals surface area contributed by atoms with E-state index in [2.05, 4.69) is 23.8 Å². The van der Waals surface area contributed by atoms with Gasteiger partial charge in [0.05, 0.1) is 7.11 Å². The molecule has 0 spiro atoms. The third kappa shape index (κ3) is 3.57. The van der Waals surface area contributed by atoms with Crippen molar-refractivity contribution in [3.63, 3.8) is 0 Å². The average Bonchev–Trinajstić information content (AvgIpc) is 2.30. The number of anilines is 1. The highest BCUT2D eigenvalue weighted by atomic mass is 16.5. The highest BCUT2D eigenvalue weighted by Gasteiger charge is 2.06. The standard InChI is InChI=1S/C13H19NO2/c1-4-5-11-6-8-12(9-7-11)14(2)10-13(15)16-3/h6-9H,4-5,10H2,1-3H3. The number of carbonyl (C=O) groups excluding carboxylic acids is 1. The quantitative estimate of drug-likeness (QED) is 0.714. The zero-order chi connectivity index (χ0) is 12.0. The average molecular weight is 221 g/mol. The van der Waals surface area contributed by atoms with E-state index in [1.165, 1.54) is 12.7 Å². The second-order valence-electron chi connectivity index (χ2n) is 3.85. The largest absolute Gasteiger partial charge is 0.468 e. The molecule has 0 aliphatic heterocycles. The zero-order valence-electron chi connectivity index (χ0n) is 10.2. The summed E-state index contributed by atoms with van der Waals surface area (Å²) in [6, 6.07) is 8.28. The lowest BCUT2D eigenvalue weighted by atomic mass is 10.1. The summed E-state index contributed by atoms with van der Waals surface area (Å²) in [4.78, 5) is 13.0. The summed E-state index contributed by atoms with van der Waals surface area (Å²) in [6.45, 7) is 2.45. The SMILES string of the molecule is CCCc1ccc(N(C)CC(=O)OC)cc1. The molecule has 1 rings (SSSR count). The second kappa shape index (κ2) is 6.16. The number of benzene rings is 1. The van der Waals surface area contributed by atoms with Crippen molar-refractivity contribution in [2.75, 3.05) is 25.6 Å². The highest BCUT2D eigenvalue weighted by Crippen LogP contribution is 2.14. The first kappa shape index (κ1) is 12.6. The molecule has 16 heavy (non-hydrogen) atoms. The fourth-order valence-electron chi connectivity index (χ4n) is 1.56. The minimum absolute atomic E-state index is 0.222. The molecule has 0 amide bonds. The van der Waals surface area contributed by atoms with Gasteiger partial charge in [-0.2, -0.15) is 0 Å². The number of rotatable bonds is 5. The lowest BCUT2D eigenvalue weighted by Crippen LogP contribution is -2.26. The Morgan fingerprint density at radius 2 is 1.94 bits per heavy atom. The molecule has 0 bridgehead atoms. The highest BCUT2D eigenvalue weighted by molar-refractivity contribution is 5.75. The minimum Gasteiger partial charge on any atom is -0.468 e. The first-order valence-corrected chi connectivity index (χ1v) is 5.54. The first-order valence-electron chi connectivity index (χ1n) is 5.54. The van der Waals surface area contributed by atoms with Crippen molar-refractivity contribution >= 4 is 11.7 Å². The van der Waals surface area contributed by atoms with E-state index in [-0.39, 0.29) is 12.5 Å². The molecule has 0 N–H and O–H groups in total. The van der Waals surface area contributed by atoms with Gasteiger partial charge in [-0.05, 0) is 24.1 Å². The fraction of sp³-hybridized carbons (Fsp3) is 0.462. The first-order chi connectivity index (χ1) is 7.67. The summed E-state index contributed by atoms with van der Waals surface area (Å²) in [5.41, 5.74) is 2.36. The van der Waals surface area contributed by atoms with Crippen LogP contribution in [0.15, 0.2) is 24.3 Å². The Labute approximate surface area is 97.0 Å². The molecular weight excluding hydrogens is 202 g/mol. The summed E-state index contributed by atoms with van der Waals surface area (Å²) in [5, 5.41) is 0. The molecule has 3 heteroatoms. The van der Waals surface area contributed by atoms with Gasteiger partial charge in [-0.1, -0.05) is 25.5 Å². The smallest absolute Gasteiger partial charge is 0.325 e. The Bertz CT molecular complexity index is 332. The molecule has 1 aromatic carbocycles. The van der Waals surface area contributed by atoms with Gasteiger partial charge < -0.3 is 9.64 Å². The summed E-state index contributed by atoms with van der Waals surface area (Å²) >= 11 is 0. The number of nitrogens with zero attached hydrogens (tertiary/aromatic N) is 1. The van der Waals surface area contributed by atoms with Crippen LogP contribution in [0.1, 0.15) is 18.9 Å². The lowest BCUT2D eigenvalue weighted by molar-refractivity contribution is -0.138. The molecule has 1 aromatic rings. The molecule has 0 fully saturated rings. The fourth-order valence-corrected chi connectivity index (χ4v) is 1.56. The maximum Gasteiger partial charge on any atom is 0.325 e. The third-order valence-electron chi connectivity index (χ3n) is 2.51. The molecule has 0 heterocycles. The van der Waals surface area contributed by atoms with Crippen molar-refractivity contribution in [1.82, 2.24) is 0 Å². The van der Waals surface area contributed by atoms with Crippen molar-refractivity contribution in [2.45, 2.75) is 19.8 Å². The molecule has 0 aromatic heterocycles. The van der Waals surface area contributed by atoms with Gasteiger partial charge in [0.25, 0.3) is 0 Å². The molecule has 0 atom stereocenters. The molecule has 0 saturated carbocycles. The summed E-state index contributed by atoms with van der Waals surface area (Å²) in [6.07, 6.45) is 2.25. The summed E-state index contributed by atoms with van der Waals surface area (Å²) in [7, 11) is 3.28. The van der Waals surface area contributed by atoms with E-state index >= 15 is 0 Å². The number of aryl methyl sites for hydroxylation is 1. The second-order valence-corrected chi connectivity index (χ2v) is 3.85. The van der Waals surface area contributed by atoms with Crippen molar-refractivity contribution in [2.24, 2.45) is 0 Å². The van der Waals surface area contributed by atoms with Gasteiger partial charge in [0, 0.05) is 12.7 Å². The maximum atomic E-state index is 11.1. The summed E-state index contributed by atoms with van der Waals surface area (Å²) < 4.78 is 4.62. The van der Waals surface area contributed by atoms with Gasteiger partial charge in [-0.25, -0.2) is 0 Å². The predicted molar refractivity (Wildman–Crippen MR) is 65.7 cm³/mol. The monoisotopic (exact) mass is 221 g/mol. The van der Waals surface area contributed by atoms with E-state index in [1.54, 1.807) is 0 Å². The van der Waals surface area contributed by atoms with E-state index in [0.717, 1.165) is 18.5 Å². The van der Waals surface area contributed by atoms with Crippen LogP contribution in [0, 0.1) is 0 Å². The van der Waals surface area contributed by atoms with Crippen LogP contribution in [0.4, 0.5) is 5.69 Å². The number of hydrogen-bond acceptors (Lipinski definition) is 3. The van der Waals surface area contributed by atoms with Crippen LogP contribution >= 0.6 is 0 Å². The molecule has 3 nitrogen and oxygen atoms in total. The van der Waals surface area contributed by atoms with Gasteiger partial charge in [-0.3, -0.25) is 4.79 Å². The van der Waals surface area contributed by atoms with Crippen LogP contribution in [0.2, 0.25) is 0 Å². The van der Waals surface area contributed by atoms with Crippen molar-refractivity contribution in [3.05, 3.63) is 29.8 Å². The lowest BCUT2D eigenvalue weighted by Gasteiger charge is -2.17. The molecule has 0 unspecified atom stereocenters. The van der Waals surface area contributed by atoms with E-state index in [0.29, 0.717) is 0 Å². The van der Waals surface area contributed by atoms with Gasteiger partial charge in [0.1, 0.15) is 6.54 Å². The molecule has 0 radical (unpaired) electrons. The molecular formula is C13H19NO2. The van der Waals surface area contributed by atoms with Gasteiger partial charge in [0.2, 0.25) is 0 Å². The molecule has 0 aliphatic carbocycles. The Morgan fingerprint density at radius 3 is 2.44 bits per heavy atom. The normalized spacial score (nSPS) is 9.94. The van der Waals surface area contributed by atoms with Crippen molar-refractivity contribution in [1.29, 1.82) is 0 Å². The van der Waals surface area contributed by atoms with Gasteiger partial charge in [-0.15, -0.1) is 0 Å². The van der Waals surface area contributed by atoms with Crippen molar-refractivity contribution in [3.8, 4) is 0 Å². The van der Waals surface area contributed by atoms with Crippen LogP contribution in [0.25, 0.3) is 0 Å². The number of esters is 1. The van der Waals surface area contributed by atoms with Gasteiger partial charge >= 0.3 is 5.97 Å². The number of carbonyl (C=O) groups is 1. The third-order valence-corrected chi connectivity index (χ3v) is 2.51. The van der Waals surface area contributed by atoms with Crippen LogP contribution in [0.5, 0.6) is 0 Å². The Balaban J connectivity index is 2.62. The maximum absolute atomic E-state index is 11.1.